The maximum absolute atomic E-state index is 13.0. The van der Waals surface area contributed by atoms with E-state index in [1.165, 1.54) is 44.8 Å². The van der Waals surface area contributed by atoms with Gasteiger partial charge in [-0.3, -0.25) is 10.1 Å². The average molecular weight is 533 g/mol. The number of carbonyl (C=O) groups excluding carboxylic acids is 2. The van der Waals surface area contributed by atoms with Gasteiger partial charge >= 0.3 is 6.09 Å². The standard InChI is InChI=1S/C23H24N4O7S2/c1-2-32-23(29)26-7-9-27(10-8-26)36(30,31)16-5-3-15(4-6-16)21(28)25-22-24-17-13-18-19(14-20(17)35-22)34-12-11-33-18/h3-6,13-14H,2,7-12H2,1H3,(H,24,25,28). The highest BCUT2D eigenvalue weighted by molar-refractivity contribution is 7.89. The quantitative estimate of drug-likeness (QED) is 0.532. The number of amides is 2. The van der Waals surface area contributed by atoms with Crippen LogP contribution >= 0.6 is 11.3 Å². The lowest BCUT2D eigenvalue weighted by molar-refractivity contribution is 0.0933. The van der Waals surface area contributed by atoms with Gasteiger partial charge in [-0.05, 0) is 31.2 Å². The number of sulfonamides is 1. The van der Waals surface area contributed by atoms with Crippen LogP contribution in [0.2, 0.25) is 0 Å². The number of nitrogens with one attached hydrogen (secondary N) is 1. The van der Waals surface area contributed by atoms with E-state index < -0.39 is 22.0 Å². The lowest BCUT2D eigenvalue weighted by Gasteiger charge is -2.33. The van der Waals surface area contributed by atoms with Crippen LogP contribution in [0.5, 0.6) is 11.5 Å². The number of carbonyl (C=O) groups is 2. The molecule has 0 radical (unpaired) electrons. The molecule has 5 rings (SSSR count). The highest BCUT2D eigenvalue weighted by Gasteiger charge is 2.30. The predicted molar refractivity (Wildman–Crippen MR) is 132 cm³/mol. The summed E-state index contributed by atoms with van der Waals surface area (Å²) >= 11 is 1.31. The molecule has 0 spiro atoms. The Morgan fingerprint density at radius 2 is 1.72 bits per heavy atom. The molecule has 13 heteroatoms. The SMILES string of the molecule is CCOC(=O)N1CCN(S(=O)(=O)c2ccc(C(=O)Nc3nc4cc5c(cc4s3)OCCO5)cc2)CC1. The van der Waals surface area contributed by atoms with Crippen LogP contribution in [-0.2, 0) is 14.8 Å². The molecule has 2 aliphatic heterocycles. The molecule has 36 heavy (non-hydrogen) atoms. The number of benzene rings is 2. The molecule has 3 heterocycles. The summed E-state index contributed by atoms with van der Waals surface area (Å²) in [4.78, 5) is 30.6. The summed E-state index contributed by atoms with van der Waals surface area (Å²) in [5.41, 5.74) is 0.982. The Kier molecular flexibility index (Phi) is 6.69. The largest absolute Gasteiger partial charge is 0.486 e. The van der Waals surface area contributed by atoms with Crippen LogP contribution in [0, 0.1) is 0 Å². The second kappa shape index (κ2) is 9.91. The molecule has 0 atom stereocenters. The third-order valence-corrected chi connectivity index (χ3v) is 8.64. The Labute approximate surface area is 211 Å². The molecule has 3 aromatic rings. The van der Waals surface area contributed by atoms with E-state index in [9.17, 15) is 18.0 Å². The fourth-order valence-corrected chi connectivity index (χ4v) is 6.23. The highest BCUT2D eigenvalue weighted by atomic mass is 32.2. The molecule has 1 aromatic heterocycles. The summed E-state index contributed by atoms with van der Waals surface area (Å²) in [6, 6.07) is 9.35. The fraction of sp³-hybridized carbons (Fsp3) is 0.348. The Bertz CT molecular complexity index is 1350. The van der Waals surface area contributed by atoms with Gasteiger partial charge in [-0.15, -0.1) is 0 Å². The van der Waals surface area contributed by atoms with E-state index in [0.717, 1.165) is 4.70 Å². The zero-order chi connectivity index (χ0) is 25.3. The maximum Gasteiger partial charge on any atom is 0.409 e. The van der Waals surface area contributed by atoms with Crippen molar-refractivity contribution < 1.29 is 32.2 Å². The van der Waals surface area contributed by atoms with Crippen molar-refractivity contribution in [2.75, 3.05) is 51.3 Å². The van der Waals surface area contributed by atoms with E-state index in [-0.39, 0.29) is 37.7 Å². The van der Waals surface area contributed by atoms with Crippen LogP contribution in [0.15, 0.2) is 41.3 Å². The van der Waals surface area contributed by atoms with Crippen LogP contribution in [0.25, 0.3) is 10.2 Å². The third-order valence-electron chi connectivity index (χ3n) is 5.79. The number of hydrogen-bond acceptors (Lipinski definition) is 9. The van der Waals surface area contributed by atoms with Gasteiger partial charge in [0.1, 0.15) is 13.2 Å². The highest BCUT2D eigenvalue weighted by Crippen LogP contribution is 2.38. The third kappa shape index (κ3) is 4.81. The number of anilines is 1. The maximum atomic E-state index is 13.0. The van der Waals surface area contributed by atoms with Crippen molar-refractivity contribution in [1.29, 1.82) is 0 Å². The van der Waals surface area contributed by atoms with Crippen molar-refractivity contribution in [3.05, 3.63) is 42.0 Å². The van der Waals surface area contributed by atoms with Gasteiger partial charge < -0.3 is 19.1 Å². The van der Waals surface area contributed by atoms with Crippen molar-refractivity contribution in [3.63, 3.8) is 0 Å². The van der Waals surface area contributed by atoms with Crippen molar-refractivity contribution in [2.45, 2.75) is 11.8 Å². The van der Waals surface area contributed by atoms with Gasteiger partial charge in [0.25, 0.3) is 5.91 Å². The lowest BCUT2D eigenvalue weighted by atomic mass is 10.2. The second-order valence-electron chi connectivity index (χ2n) is 8.05. The average Bonchev–Trinajstić information content (AvgIpc) is 3.28. The fourth-order valence-electron chi connectivity index (χ4n) is 3.94. The number of nitrogens with zero attached hydrogens (tertiary/aromatic N) is 3. The minimum absolute atomic E-state index is 0.0780. The molecular formula is C23H24N4O7S2. The van der Waals surface area contributed by atoms with Crippen LogP contribution in [0.4, 0.5) is 9.93 Å². The molecule has 2 aromatic carbocycles. The second-order valence-corrected chi connectivity index (χ2v) is 11.0. The molecule has 0 bridgehead atoms. The molecule has 1 fully saturated rings. The molecule has 190 valence electrons. The first kappa shape index (κ1) is 24.3. The summed E-state index contributed by atoms with van der Waals surface area (Å²) in [6.07, 6.45) is -0.445. The number of hydrogen-bond donors (Lipinski definition) is 1. The molecule has 1 N–H and O–H groups in total. The van der Waals surface area contributed by atoms with Crippen LogP contribution in [0.1, 0.15) is 17.3 Å². The zero-order valence-electron chi connectivity index (χ0n) is 19.4. The number of rotatable bonds is 5. The lowest BCUT2D eigenvalue weighted by Crippen LogP contribution is -2.50. The number of thiazole rings is 1. The molecule has 2 aliphatic rings. The normalized spacial score (nSPS) is 16.1. The number of ether oxygens (including phenoxy) is 3. The number of aromatic nitrogens is 1. The van der Waals surface area contributed by atoms with Gasteiger partial charge in [0, 0.05) is 43.9 Å². The smallest absolute Gasteiger partial charge is 0.409 e. The number of fused-ring (bicyclic) bond motifs is 2. The summed E-state index contributed by atoms with van der Waals surface area (Å²) in [5.74, 6) is 0.865. The van der Waals surface area contributed by atoms with Gasteiger partial charge in [-0.25, -0.2) is 18.2 Å². The molecule has 0 aliphatic carbocycles. The van der Waals surface area contributed by atoms with Crippen LogP contribution in [0.3, 0.4) is 0 Å². The minimum atomic E-state index is -3.76. The van der Waals surface area contributed by atoms with Crippen LogP contribution in [-0.4, -0.2) is 80.6 Å². The molecule has 11 nitrogen and oxygen atoms in total. The molecule has 1 saturated heterocycles. The Morgan fingerprint density at radius 1 is 1.06 bits per heavy atom. The van der Waals surface area contributed by atoms with Gasteiger partial charge in [0.2, 0.25) is 10.0 Å². The summed E-state index contributed by atoms with van der Waals surface area (Å²) in [7, 11) is -3.76. The summed E-state index contributed by atoms with van der Waals surface area (Å²) < 4.78 is 44.4. The minimum Gasteiger partial charge on any atom is -0.486 e. The van der Waals surface area contributed by atoms with Gasteiger partial charge in [0.15, 0.2) is 16.6 Å². The van der Waals surface area contributed by atoms with E-state index in [1.807, 2.05) is 6.07 Å². The zero-order valence-corrected chi connectivity index (χ0v) is 21.1. The van der Waals surface area contributed by atoms with Crippen molar-refractivity contribution >= 4 is 48.7 Å². The van der Waals surface area contributed by atoms with Gasteiger partial charge in [0.05, 0.1) is 21.7 Å². The topological polar surface area (TPSA) is 127 Å². The van der Waals surface area contributed by atoms with E-state index in [4.69, 9.17) is 14.2 Å². The van der Waals surface area contributed by atoms with Gasteiger partial charge in [-0.2, -0.15) is 4.31 Å². The van der Waals surface area contributed by atoms with Gasteiger partial charge in [-0.1, -0.05) is 11.3 Å². The summed E-state index contributed by atoms with van der Waals surface area (Å²) in [5, 5.41) is 3.17. The van der Waals surface area contributed by atoms with E-state index in [1.54, 1.807) is 13.0 Å². The molecule has 0 saturated carbocycles. The summed E-state index contributed by atoms with van der Waals surface area (Å²) in [6.45, 7) is 3.78. The predicted octanol–water partition coefficient (Wildman–Crippen LogP) is 2.78. The first-order valence-electron chi connectivity index (χ1n) is 11.4. The Balaban J connectivity index is 1.24. The van der Waals surface area contributed by atoms with Crippen molar-refractivity contribution in [1.82, 2.24) is 14.2 Å². The van der Waals surface area contributed by atoms with Crippen LogP contribution < -0.4 is 14.8 Å². The molecule has 2 amide bonds. The van der Waals surface area contributed by atoms with Crippen molar-refractivity contribution in [2.24, 2.45) is 0 Å². The monoisotopic (exact) mass is 532 g/mol. The first-order valence-corrected chi connectivity index (χ1v) is 13.6. The van der Waals surface area contributed by atoms with E-state index in [0.29, 0.717) is 40.9 Å². The number of piperazine rings is 1. The Hall–Kier alpha value is -3.42. The molecular weight excluding hydrogens is 508 g/mol. The molecule has 0 unspecified atom stereocenters. The van der Waals surface area contributed by atoms with E-state index >= 15 is 0 Å². The van der Waals surface area contributed by atoms with E-state index in [2.05, 4.69) is 10.3 Å². The van der Waals surface area contributed by atoms with Crippen molar-refractivity contribution in [3.8, 4) is 11.5 Å². The Morgan fingerprint density at radius 3 is 2.39 bits per heavy atom. The first-order chi connectivity index (χ1) is 17.3.